The van der Waals surface area contributed by atoms with Crippen molar-refractivity contribution in [3.05, 3.63) is 30.1 Å². The summed E-state index contributed by atoms with van der Waals surface area (Å²) in [5.41, 5.74) is 1.86. The fourth-order valence-corrected chi connectivity index (χ4v) is 3.02. The number of alkyl halides is 2. The molecule has 5 heteroatoms. The molecule has 0 radical (unpaired) electrons. The predicted molar refractivity (Wildman–Crippen MR) is 77.9 cm³/mol. The van der Waals surface area contributed by atoms with Gasteiger partial charge >= 0.3 is 0 Å². The Morgan fingerprint density at radius 2 is 2.10 bits per heavy atom. The highest BCUT2D eigenvalue weighted by atomic mass is 19.3. The Kier molecular flexibility index (Phi) is 3.69. The smallest absolute Gasteiger partial charge is 0.249 e. The van der Waals surface area contributed by atoms with E-state index in [4.69, 9.17) is 4.74 Å². The van der Waals surface area contributed by atoms with E-state index in [0.717, 1.165) is 16.9 Å². The number of para-hydroxylation sites is 2. The summed E-state index contributed by atoms with van der Waals surface area (Å²) >= 11 is 0. The molecule has 0 amide bonds. The molecule has 1 aromatic heterocycles. The van der Waals surface area contributed by atoms with E-state index in [1.54, 1.807) is 0 Å². The summed E-state index contributed by atoms with van der Waals surface area (Å²) in [4.78, 5) is 4.60. The van der Waals surface area contributed by atoms with Gasteiger partial charge in [-0.15, -0.1) is 0 Å². The largest absolute Gasteiger partial charge is 0.380 e. The van der Waals surface area contributed by atoms with Crippen LogP contribution in [0.5, 0.6) is 0 Å². The van der Waals surface area contributed by atoms with Gasteiger partial charge in [0.1, 0.15) is 5.82 Å². The lowest BCUT2D eigenvalue weighted by Crippen LogP contribution is -2.35. The van der Waals surface area contributed by atoms with E-state index in [2.05, 4.69) is 9.55 Å². The molecule has 0 spiro atoms. The van der Waals surface area contributed by atoms with E-state index >= 15 is 0 Å². The highest BCUT2D eigenvalue weighted by Gasteiger charge is 2.48. The van der Waals surface area contributed by atoms with Gasteiger partial charge < -0.3 is 9.30 Å². The first-order valence-corrected chi connectivity index (χ1v) is 7.44. The summed E-state index contributed by atoms with van der Waals surface area (Å²) in [6.45, 7) is 5.21. The van der Waals surface area contributed by atoms with Crippen LogP contribution in [-0.4, -0.2) is 28.7 Å². The zero-order valence-corrected chi connectivity index (χ0v) is 12.4. The maximum atomic E-state index is 13.2. The average molecular weight is 294 g/mol. The molecule has 0 aliphatic heterocycles. The van der Waals surface area contributed by atoms with Gasteiger partial charge in [-0.1, -0.05) is 12.1 Å². The van der Waals surface area contributed by atoms with Gasteiger partial charge in [0, 0.05) is 25.4 Å². The molecule has 3 nitrogen and oxygen atoms in total. The molecule has 1 aliphatic carbocycles. The minimum absolute atomic E-state index is 0.0848. The fourth-order valence-electron chi connectivity index (χ4n) is 3.02. The van der Waals surface area contributed by atoms with Gasteiger partial charge in [-0.05, 0) is 26.0 Å². The summed E-state index contributed by atoms with van der Waals surface area (Å²) in [5.74, 6) is -1.91. The second-order valence-corrected chi connectivity index (χ2v) is 5.80. The molecule has 1 unspecified atom stereocenters. The number of imidazole rings is 1. The van der Waals surface area contributed by atoms with Crippen molar-refractivity contribution in [2.24, 2.45) is 0 Å². The Hall–Kier alpha value is -1.49. The maximum absolute atomic E-state index is 13.2. The quantitative estimate of drug-likeness (QED) is 0.828. The monoisotopic (exact) mass is 294 g/mol. The van der Waals surface area contributed by atoms with Crippen LogP contribution >= 0.6 is 0 Å². The minimum Gasteiger partial charge on any atom is -0.380 e. The highest BCUT2D eigenvalue weighted by Crippen LogP contribution is 2.48. The third-order valence-electron chi connectivity index (χ3n) is 4.08. The van der Waals surface area contributed by atoms with Gasteiger partial charge in [-0.3, -0.25) is 0 Å². The second kappa shape index (κ2) is 5.37. The molecule has 1 atom stereocenters. The van der Waals surface area contributed by atoms with E-state index in [9.17, 15) is 8.78 Å². The first-order valence-electron chi connectivity index (χ1n) is 7.44. The minimum atomic E-state index is -2.53. The number of halogens is 2. The number of fused-ring (bicyclic) bond motifs is 1. The number of rotatable bonds is 5. The van der Waals surface area contributed by atoms with Crippen LogP contribution in [-0.2, 0) is 4.74 Å². The summed E-state index contributed by atoms with van der Waals surface area (Å²) in [7, 11) is 0. The van der Waals surface area contributed by atoms with Crippen LogP contribution in [0.15, 0.2) is 24.3 Å². The Bertz CT molecular complexity index is 630. The number of aromatic nitrogens is 2. The van der Waals surface area contributed by atoms with Crippen LogP contribution in [0.3, 0.4) is 0 Å². The zero-order chi connectivity index (χ0) is 15.0. The van der Waals surface area contributed by atoms with Crippen molar-refractivity contribution in [1.29, 1.82) is 0 Å². The molecule has 114 valence electrons. The van der Waals surface area contributed by atoms with Gasteiger partial charge in [0.15, 0.2) is 0 Å². The lowest BCUT2D eigenvalue weighted by Gasteiger charge is -2.35. The summed E-state index contributed by atoms with van der Waals surface area (Å²) < 4.78 is 34.0. The van der Waals surface area contributed by atoms with E-state index in [-0.39, 0.29) is 24.8 Å². The van der Waals surface area contributed by atoms with Crippen molar-refractivity contribution in [2.75, 3.05) is 13.2 Å². The Labute approximate surface area is 122 Å². The van der Waals surface area contributed by atoms with Crippen LogP contribution in [0.25, 0.3) is 11.0 Å². The van der Waals surface area contributed by atoms with Crippen molar-refractivity contribution in [1.82, 2.24) is 9.55 Å². The van der Waals surface area contributed by atoms with Crippen LogP contribution in [0.1, 0.15) is 44.5 Å². The van der Waals surface area contributed by atoms with Gasteiger partial charge in [0.25, 0.3) is 0 Å². The van der Waals surface area contributed by atoms with E-state index < -0.39 is 5.92 Å². The normalized spacial score (nSPS) is 19.6. The van der Waals surface area contributed by atoms with Crippen LogP contribution < -0.4 is 0 Å². The Morgan fingerprint density at radius 1 is 1.38 bits per heavy atom. The molecule has 21 heavy (non-hydrogen) atoms. The van der Waals surface area contributed by atoms with E-state index in [0.29, 0.717) is 13.2 Å². The molecule has 1 aromatic carbocycles. The number of benzene rings is 1. The van der Waals surface area contributed by atoms with Gasteiger partial charge in [-0.25, -0.2) is 13.8 Å². The molecule has 1 fully saturated rings. The molecule has 0 saturated heterocycles. The van der Waals surface area contributed by atoms with E-state index in [1.165, 1.54) is 0 Å². The topological polar surface area (TPSA) is 27.1 Å². The number of hydrogen-bond acceptors (Lipinski definition) is 2. The molecule has 1 aliphatic rings. The first kappa shape index (κ1) is 14.4. The Balaban J connectivity index is 1.98. The van der Waals surface area contributed by atoms with Crippen LogP contribution in [0.4, 0.5) is 8.78 Å². The van der Waals surface area contributed by atoms with Gasteiger partial charge in [0.2, 0.25) is 5.92 Å². The SMILES string of the molecule is CCOCC(C)n1c(C2CC(F)(F)C2)nc2ccccc21. The summed E-state index contributed by atoms with van der Waals surface area (Å²) in [5, 5.41) is 0. The average Bonchev–Trinajstić information content (AvgIpc) is 2.81. The third kappa shape index (κ3) is 2.67. The molecule has 2 aromatic rings. The van der Waals surface area contributed by atoms with E-state index in [1.807, 2.05) is 38.1 Å². The Morgan fingerprint density at radius 3 is 2.76 bits per heavy atom. The van der Waals surface area contributed by atoms with Crippen molar-refractivity contribution < 1.29 is 13.5 Å². The molecular formula is C16H20F2N2O. The molecule has 3 rings (SSSR count). The maximum Gasteiger partial charge on any atom is 0.249 e. The molecule has 1 saturated carbocycles. The predicted octanol–water partition coefficient (Wildman–Crippen LogP) is 4.15. The van der Waals surface area contributed by atoms with Gasteiger partial charge in [-0.2, -0.15) is 0 Å². The first-order chi connectivity index (χ1) is 10.0. The molecule has 0 bridgehead atoms. The third-order valence-corrected chi connectivity index (χ3v) is 4.08. The summed E-state index contributed by atoms with van der Waals surface area (Å²) in [6.07, 6.45) is -0.199. The standard InChI is InChI=1S/C16H20F2N2O/c1-3-21-10-11(2)20-14-7-5-4-6-13(14)19-15(20)12-8-16(17,18)9-12/h4-7,11-12H,3,8-10H2,1-2H3. The van der Waals surface area contributed by atoms with Crippen molar-refractivity contribution in [3.63, 3.8) is 0 Å². The molecular weight excluding hydrogens is 274 g/mol. The highest BCUT2D eigenvalue weighted by molar-refractivity contribution is 5.76. The van der Waals surface area contributed by atoms with Crippen molar-refractivity contribution in [2.45, 2.75) is 44.6 Å². The number of hydrogen-bond donors (Lipinski definition) is 0. The van der Waals surface area contributed by atoms with Crippen molar-refractivity contribution >= 4 is 11.0 Å². The lowest BCUT2D eigenvalue weighted by molar-refractivity contribution is -0.0893. The summed E-state index contributed by atoms with van der Waals surface area (Å²) in [6, 6.07) is 7.88. The number of nitrogens with zero attached hydrogens (tertiary/aromatic N) is 2. The van der Waals surface area contributed by atoms with Crippen molar-refractivity contribution in [3.8, 4) is 0 Å². The van der Waals surface area contributed by atoms with Crippen LogP contribution in [0, 0.1) is 0 Å². The number of ether oxygens (including phenoxy) is 1. The second-order valence-electron chi connectivity index (χ2n) is 5.80. The zero-order valence-electron chi connectivity index (χ0n) is 12.4. The molecule has 1 heterocycles. The van der Waals surface area contributed by atoms with Crippen LogP contribution in [0.2, 0.25) is 0 Å². The van der Waals surface area contributed by atoms with Gasteiger partial charge in [0.05, 0.1) is 23.7 Å². The molecule has 0 N–H and O–H groups in total. The fraction of sp³-hybridized carbons (Fsp3) is 0.562. The lowest BCUT2D eigenvalue weighted by atomic mass is 9.80.